The van der Waals surface area contributed by atoms with E-state index in [1.165, 1.54) is 6.07 Å². The highest BCUT2D eigenvalue weighted by Gasteiger charge is 2.26. The Morgan fingerprint density at radius 3 is 2.52 bits per heavy atom. The molecule has 0 radical (unpaired) electrons. The molecule has 1 aliphatic rings. The van der Waals surface area contributed by atoms with E-state index in [2.05, 4.69) is 5.32 Å². The van der Waals surface area contributed by atoms with Gasteiger partial charge in [-0.05, 0) is 49.1 Å². The van der Waals surface area contributed by atoms with E-state index in [4.69, 9.17) is 4.74 Å². The van der Waals surface area contributed by atoms with E-state index in [1.54, 1.807) is 24.1 Å². The van der Waals surface area contributed by atoms with Gasteiger partial charge in [0.05, 0.1) is 12.0 Å². The zero-order chi connectivity index (χ0) is 19.2. The summed E-state index contributed by atoms with van der Waals surface area (Å²) in [5, 5.41) is 14.6. The van der Waals surface area contributed by atoms with Crippen molar-refractivity contribution in [1.29, 1.82) is 0 Å². The Bertz CT molecular complexity index is 814. The lowest BCUT2D eigenvalue weighted by Crippen LogP contribution is -2.28. The Labute approximate surface area is 158 Å². The van der Waals surface area contributed by atoms with Crippen LogP contribution < -0.4 is 10.1 Å². The van der Waals surface area contributed by atoms with Crippen LogP contribution >= 0.6 is 0 Å². The van der Waals surface area contributed by atoms with Crippen LogP contribution in [-0.2, 0) is 6.42 Å². The smallest absolute Gasteiger partial charge is 0.282 e. The summed E-state index contributed by atoms with van der Waals surface area (Å²) in [5.41, 5.74) is 1.86. The maximum absolute atomic E-state index is 12.7. The van der Waals surface area contributed by atoms with Crippen LogP contribution in [-0.4, -0.2) is 42.5 Å². The number of nitro benzene ring substituents is 1. The first-order chi connectivity index (χ1) is 13.1. The van der Waals surface area contributed by atoms with Crippen LogP contribution in [0.5, 0.6) is 5.75 Å². The van der Waals surface area contributed by atoms with Gasteiger partial charge in [0, 0.05) is 31.4 Å². The van der Waals surface area contributed by atoms with Gasteiger partial charge in [-0.25, -0.2) is 0 Å². The molecule has 0 bridgehead atoms. The molecule has 1 N–H and O–H groups in total. The van der Waals surface area contributed by atoms with E-state index in [9.17, 15) is 14.9 Å². The first kappa shape index (κ1) is 18.7. The number of nitrogens with zero attached hydrogens (tertiary/aromatic N) is 2. The number of carbonyl (C=O) groups is 1. The third-order valence-corrected chi connectivity index (χ3v) is 4.72. The Morgan fingerprint density at radius 1 is 1.19 bits per heavy atom. The predicted molar refractivity (Wildman–Crippen MR) is 103 cm³/mol. The normalized spacial score (nSPS) is 13.4. The quantitative estimate of drug-likeness (QED) is 0.596. The maximum Gasteiger partial charge on any atom is 0.282 e. The van der Waals surface area contributed by atoms with Crippen molar-refractivity contribution in [2.24, 2.45) is 0 Å². The van der Waals surface area contributed by atoms with Gasteiger partial charge in [-0.15, -0.1) is 0 Å². The number of hydrogen-bond acceptors (Lipinski definition) is 5. The molecule has 0 atom stereocenters. The molecule has 1 heterocycles. The highest BCUT2D eigenvalue weighted by atomic mass is 16.6. The molecule has 0 saturated carbocycles. The van der Waals surface area contributed by atoms with Gasteiger partial charge in [0.1, 0.15) is 11.3 Å². The third kappa shape index (κ3) is 4.55. The van der Waals surface area contributed by atoms with Gasteiger partial charge in [-0.1, -0.05) is 12.1 Å². The number of anilines is 1. The Balaban J connectivity index is 1.68. The van der Waals surface area contributed by atoms with Crippen molar-refractivity contribution < 1.29 is 14.5 Å². The van der Waals surface area contributed by atoms with Crippen LogP contribution in [0.1, 0.15) is 28.8 Å². The number of amides is 1. The number of carbonyl (C=O) groups excluding carboxylic acids is 1. The van der Waals surface area contributed by atoms with E-state index >= 15 is 0 Å². The highest BCUT2D eigenvalue weighted by Crippen LogP contribution is 2.25. The van der Waals surface area contributed by atoms with E-state index < -0.39 is 4.92 Å². The zero-order valence-corrected chi connectivity index (χ0v) is 15.3. The van der Waals surface area contributed by atoms with Gasteiger partial charge >= 0.3 is 0 Å². The third-order valence-electron chi connectivity index (χ3n) is 4.72. The van der Waals surface area contributed by atoms with Crippen LogP contribution in [0.15, 0.2) is 42.5 Å². The van der Waals surface area contributed by atoms with Crippen molar-refractivity contribution in [3.63, 3.8) is 0 Å². The lowest BCUT2D eigenvalue weighted by atomic mass is 10.1. The van der Waals surface area contributed by atoms with Crippen LogP contribution in [0.4, 0.5) is 11.4 Å². The summed E-state index contributed by atoms with van der Waals surface area (Å²) in [5.74, 6) is 0.546. The number of nitrogens with one attached hydrogen (secondary N) is 1. The van der Waals surface area contributed by atoms with Crippen molar-refractivity contribution in [1.82, 2.24) is 4.90 Å². The topological polar surface area (TPSA) is 84.7 Å². The number of hydrogen-bond donors (Lipinski definition) is 1. The van der Waals surface area contributed by atoms with Gasteiger partial charge < -0.3 is 15.0 Å². The maximum atomic E-state index is 12.7. The van der Waals surface area contributed by atoms with Gasteiger partial charge in [-0.2, -0.15) is 0 Å². The minimum Gasteiger partial charge on any atom is -0.497 e. The van der Waals surface area contributed by atoms with Crippen LogP contribution in [0.3, 0.4) is 0 Å². The second kappa shape index (κ2) is 8.53. The first-order valence-corrected chi connectivity index (χ1v) is 9.03. The number of likely N-dealkylation sites (tertiary alicyclic amines) is 1. The Morgan fingerprint density at radius 2 is 1.89 bits per heavy atom. The fourth-order valence-corrected chi connectivity index (χ4v) is 3.21. The average Bonchev–Trinajstić information content (AvgIpc) is 3.22. The van der Waals surface area contributed by atoms with Crippen molar-refractivity contribution in [2.45, 2.75) is 19.3 Å². The van der Waals surface area contributed by atoms with Crippen LogP contribution in [0, 0.1) is 10.1 Å². The molecule has 27 heavy (non-hydrogen) atoms. The molecule has 3 rings (SSSR count). The minimum absolute atomic E-state index is 0.146. The fraction of sp³-hybridized carbons (Fsp3) is 0.350. The van der Waals surface area contributed by atoms with Crippen molar-refractivity contribution >= 4 is 17.3 Å². The summed E-state index contributed by atoms with van der Waals surface area (Å²) < 4.78 is 5.14. The van der Waals surface area contributed by atoms with Gasteiger partial charge in [0.2, 0.25) is 0 Å². The van der Waals surface area contributed by atoms with Gasteiger partial charge in [0.25, 0.3) is 11.6 Å². The molecule has 7 nitrogen and oxygen atoms in total. The molecule has 7 heteroatoms. The number of benzene rings is 2. The summed E-state index contributed by atoms with van der Waals surface area (Å²) in [6, 6.07) is 12.5. The minimum atomic E-state index is -0.496. The second-order valence-electron chi connectivity index (χ2n) is 6.51. The van der Waals surface area contributed by atoms with Crippen molar-refractivity contribution in [2.75, 3.05) is 32.1 Å². The van der Waals surface area contributed by atoms with E-state index in [0.717, 1.165) is 30.6 Å². The molecule has 0 spiro atoms. The number of nitro groups is 1. The number of rotatable bonds is 7. The monoisotopic (exact) mass is 369 g/mol. The van der Waals surface area contributed by atoms with E-state index in [1.807, 2.05) is 24.3 Å². The number of ether oxygens (including phenoxy) is 1. The summed E-state index contributed by atoms with van der Waals surface area (Å²) in [4.78, 5) is 25.2. The fourth-order valence-electron chi connectivity index (χ4n) is 3.21. The Kier molecular flexibility index (Phi) is 5.90. The molecule has 1 aliphatic heterocycles. The molecule has 2 aromatic carbocycles. The molecule has 1 amide bonds. The SMILES string of the molecule is COc1ccc(CCNc2ccc([N+](=O)[O-])c(C(=O)N3CCCC3)c2)cc1. The predicted octanol–water partition coefficient (Wildman–Crippen LogP) is 3.49. The molecule has 0 aliphatic carbocycles. The lowest BCUT2D eigenvalue weighted by molar-refractivity contribution is -0.385. The molecule has 0 unspecified atom stereocenters. The standard InChI is InChI=1S/C20H23N3O4/c1-27-17-7-4-15(5-8-17)10-11-21-16-6-9-19(23(25)26)18(14-16)20(24)22-12-2-3-13-22/h4-9,14,21H,2-3,10-13H2,1H3. The van der Waals surface area contributed by atoms with Gasteiger partial charge in [-0.3, -0.25) is 14.9 Å². The highest BCUT2D eigenvalue weighted by molar-refractivity contribution is 5.99. The Hall–Kier alpha value is -3.09. The van der Waals surface area contributed by atoms with Gasteiger partial charge in [0.15, 0.2) is 0 Å². The number of methoxy groups -OCH3 is 1. The van der Waals surface area contributed by atoms with Crippen LogP contribution in [0.2, 0.25) is 0 Å². The van der Waals surface area contributed by atoms with Crippen molar-refractivity contribution in [3.05, 3.63) is 63.7 Å². The summed E-state index contributed by atoms with van der Waals surface area (Å²) in [6.45, 7) is 1.97. The summed E-state index contributed by atoms with van der Waals surface area (Å²) in [7, 11) is 1.63. The second-order valence-corrected chi connectivity index (χ2v) is 6.51. The molecule has 0 aromatic heterocycles. The lowest BCUT2D eigenvalue weighted by Gasteiger charge is -2.16. The average molecular weight is 369 g/mol. The summed E-state index contributed by atoms with van der Waals surface area (Å²) >= 11 is 0. The van der Waals surface area contributed by atoms with Crippen LogP contribution in [0.25, 0.3) is 0 Å². The largest absolute Gasteiger partial charge is 0.497 e. The summed E-state index contributed by atoms with van der Waals surface area (Å²) in [6.07, 6.45) is 2.68. The molecular weight excluding hydrogens is 346 g/mol. The van der Waals surface area contributed by atoms with Crippen molar-refractivity contribution in [3.8, 4) is 5.75 Å². The van der Waals surface area contributed by atoms with E-state index in [0.29, 0.717) is 25.3 Å². The zero-order valence-electron chi connectivity index (χ0n) is 15.3. The first-order valence-electron chi connectivity index (χ1n) is 9.03. The van der Waals surface area contributed by atoms with E-state index in [-0.39, 0.29) is 17.2 Å². The molecular formula is C20H23N3O4. The molecule has 1 saturated heterocycles. The molecule has 142 valence electrons. The molecule has 1 fully saturated rings. The molecule has 2 aromatic rings.